The number of aromatic nitrogens is 1. The molecule has 0 aliphatic heterocycles. The smallest absolute Gasteiger partial charge is 0.315 e. The highest BCUT2D eigenvalue weighted by atomic mass is 16.5. The number of pyridine rings is 1. The van der Waals surface area contributed by atoms with E-state index in [0.29, 0.717) is 5.75 Å². The Kier molecular flexibility index (Phi) is 3.95. The number of carbonyl (C=O) groups is 1. The van der Waals surface area contributed by atoms with Gasteiger partial charge in [0, 0.05) is 12.4 Å². The van der Waals surface area contributed by atoms with E-state index in [0.717, 1.165) is 16.7 Å². The topological polar surface area (TPSA) is 39.2 Å². The zero-order valence-corrected chi connectivity index (χ0v) is 11.4. The molecule has 1 heterocycles. The molecule has 3 nitrogen and oxygen atoms in total. The number of rotatable bonds is 3. The van der Waals surface area contributed by atoms with Crippen molar-refractivity contribution < 1.29 is 9.53 Å². The SMILES string of the molecule is Cc1cc(C)c(OC(=O)Cc2ccncc2)c(C)c1. The van der Waals surface area contributed by atoms with Gasteiger partial charge in [-0.1, -0.05) is 17.7 Å². The molecule has 3 heteroatoms. The molecule has 2 aromatic rings. The molecular weight excluding hydrogens is 238 g/mol. The van der Waals surface area contributed by atoms with Crippen LogP contribution in [0.2, 0.25) is 0 Å². The fraction of sp³-hybridized carbons (Fsp3) is 0.250. The minimum atomic E-state index is -0.249. The normalized spacial score (nSPS) is 10.3. The zero-order valence-electron chi connectivity index (χ0n) is 11.4. The van der Waals surface area contributed by atoms with Gasteiger partial charge < -0.3 is 4.74 Å². The molecule has 0 amide bonds. The number of benzene rings is 1. The summed E-state index contributed by atoms with van der Waals surface area (Å²) in [6.45, 7) is 5.94. The van der Waals surface area contributed by atoms with Crippen LogP contribution in [0.5, 0.6) is 5.75 Å². The van der Waals surface area contributed by atoms with E-state index in [1.54, 1.807) is 12.4 Å². The predicted octanol–water partition coefficient (Wildman–Crippen LogP) is 3.15. The highest BCUT2D eigenvalue weighted by Crippen LogP contribution is 2.24. The van der Waals surface area contributed by atoms with Gasteiger partial charge in [-0.15, -0.1) is 0 Å². The van der Waals surface area contributed by atoms with Crippen molar-refractivity contribution in [3.63, 3.8) is 0 Å². The molecule has 0 atom stereocenters. The first-order valence-electron chi connectivity index (χ1n) is 6.23. The van der Waals surface area contributed by atoms with Crippen LogP contribution in [-0.4, -0.2) is 11.0 Å². The Hall–Kier alpha value is -2.16. The number of nitrogens with zero attached hydrogens (tertiary/aromatic N) is 1. The standard InChI is InChI=1S/C16H17NO2/c1-11-8-12(2)16(13(3)9-11)19-15(18)10-14-4-6-17-7-5-14/h4-9H,10H2,1-3H3. The van der Waals surface area contributed by atoms with E-state index in [1.807, 2.05) is 45.0 Å². The Balaban J connectivity index is 2.12. The van der Waals surface area contributed by atoms with Crippen LogP contribution < -0.4 is 4.74 Å². The van der Waals surface area contributed by atoms with Crippen molar-refractivity contribution in [3.8, 4) is 5.75 Å². The molecule has 1 aromatic heterocycles. The summed E-state index contributed by atoms with van der Waals surface area (Å²) in [7, 11) is 0. The Labute approximate surface area is 113 Å². The van der Waals surface area contributed by atoms with Gasteiger partial charge in [0.25, 0.3) is 0 Å². The monoisotopic (exact) mass is 255 g/mol. The third-order valence-electron chi connectivity index (χ3n) is 2.92. The van der Waals surface area contributed by atoms with Gasteiger partial charge in [0.1, 0.15) is 5.75 Å². The van der Waals surface area contributed by atoms with Crippen LogP contribution in [-0.2, 0) is 11.2 Å². The highest BCUT2D eigenvalue weighted by molar-refractivity contribution is 5.76. The summed E-state index contributed by atoms with van der Waals surface area (Å²) in [5.41, 5.74) is 4.05. The summed E-state index contributed by atoms with van der Waals surface area (Å²) >= 11 is 0. The van der Waals surface area contributed by atoms with Crippen molar-refractivity contribution in [2.24, 2.45) is 0 Å². The average molecular weight is 255 g/mol. The third-order valence-corrected chi connectivity index (χ3v) is 2.92. The molecule has 0 saturated heterocycles. The first-order chi connectivity index (χ1) is 9.06. The summed E-state index contributed by atoms with van der Waals surface area (Å²) in [4.78, 5) is 15.9. The van der Waals surface area contributed by atoms with Crippen LogP contribution in [0.25, 0.3) is 0 Å². The van der Waals surface area contributed by atoms with Crippen LogP contribution in [0.3, 0.4) is 0 Å². The first kappa shape index (κ1) is 13.3. The predicted molar refractivity (Wildman–Crippen MR) is 74.2 cm³/mol. The summed E-state index contributed by atoms with van der Waals surface area (Å²) in [5.74, 6) is 0.422. The second-order valence-electron chi connectivity index (χ2n) is 4.73. The van der Waals surface area contributed by atoms with E-state index < -0.39 is 0 Å². The second-order valence-corrected chi connectivity index (χ2v) is 4.73. The van der Waals surface area contributed by atoms with Gasteiger partial charge in [-0.05, 0) is 49.6 Å². The number of hydrogen-bond donors (Lipinski definition) is 0. The van der Waals surface area contributed by atoms with Crippen molar-refractivity contribution in [2.45, 2.75) is 27.2 Å². The molecule has 19 heavy (non-hydrogen) atoms. The van der Waals surface area contributed by atoms with Crippen LogP contribution in [0.1, 0.15) is 22.3 Å². The molecule has 0 spiro atoms. The van der Waals surface area contributed by atoms with Crippen LogP contribution in [0, 0.1) is 20.8 Å². The summed E-state index contributed by atoms with van der Waals surface area (Å²) in [6.07, 6.45) is 3.60. The number of hydrogen-bond acceptors (Lipinski definition) is 3. The molecule has 0 unspecified atom stereocenters. The van der Waals surface area contributed by atoms with Gasteiger partial charge in [0.05, 0.1) is 6.42 Å². The second kappa shape index (κ2) is 5.65. The van der Waals surface area contributed by atoms with Gasteiger partial charge in [-0.2, -0.15) is 0 Å². The lowest BCUT2D eigenvalue weighted by atomic mass is 10.1. The quantitative estimate of drug-likeness (QED) is 0.624. The van der Waals surface area contributed by atoms with Crippen molar-refractivity contribution in [3.05, 3.63) is 58.9 Å². The number of carbonyl (C=O) groups excluding carboxylic acids is 1. The molecule has 0 bridgehead atoms. The molecule has 0 aliphatic rings. The maximum atomic E-state index is 11.9. The first-order valence-corrected chi connectivity index (χ1v) is 6.23. The maximum Gasteiger partial charge on any atom is 0.315 e. The van der Waals surface area contributed by atoms with E-state index in [-0.39, 0.29) is 12.4 Å². The van der Waals surface area contributed by atoms with Crippen molar-refractivity contribution in [1.82, 2.24) is 4.98 Å². The molecular formula is C16H17NO2. The van der Waals surface area contributed by atoms with Crippen molar-refractivity contribution in [1.29, 1.82) is 0 Å². The third kappa shape index (κ3) is 3.41. The van der Waals surface area contributed by atoms with E-state index in [2.05, 4.69) is 4.98 Å². The molecule has 0 saturated carbocycles. The van der Waals surface area contributed by atoms with Gasteiger partial charge in [-0.3, -0.25) is 9.78 Å². The van der Waals surface area contributed by atoms with E-state index >= 15 is 0 Å². The molecule has 2 rings (SSSR count). The Morgan fingerprint density at radius 3 is 2.26 bits per heavy atom. The van der Waals surface area contributed by atoms with Gasteiger partial charge in [0.2, 0.25) is 0 Å². The molecule has 0 aliphatic carbocycles. The van der Waals surface area contributed by atoms with Gasteiger partial charge >= 0.3 is 5.97 Å². The summed E-state index contributed by atoms with van der Waals surface area (Å²) in [6, 6.07) is 7.66. The van der Waals surface area contributed by atoms with Crippen LogP contribution in [0.15, 0.2) is 36.7 Å². The Morgan fingerprint density at radius 1 is 1.11 bits per heavy atom. The van der Waals surface area contributed by atoms with E-state index in [4.69, 9.17) is 4.74 Å². The van der Waals surface area contributed by atoms with Crippen LogP contribution >= 0.6 is 0 Å². The fourth-order valence-electron chi connectivity index (χ4n) is 2.14. The van der Waals surface area contributed by atoms with Gasteiger partial charge in [-0.25, -0.2) is 0 Å². The maximum absolute atomic E-state index is 11.9. The minimum Gasteiger partial charge on any atom is -0.426 e. The van der Waals surface area contributed by atoms with Gasteiger partial charge in [0.15, 0.2) is 0 Å². The lowest BCUT2D eigenvalue weighted by Crippen LogP contribution is -2.12. The number of esters is 1. The van der Waals surface area contributed by atoms with Crippen molar-refractivity contribution in [2.75, 3.05) is 0 Å². The molecule has 1 aromatic carbocycles. The molecule has 0 radical (unpaired) electrons. The molecule has 0 N–H and O–H groups in total. The minimum absolute atomic E-state index is 0.249. The summed E-state index contributed by atoms with van der Waals surface area (Å²) < 4.78 is 5.48. The largest absolute Gasteiger partial charge is 0.426 e. The fourth-order valence-corrected chi connectivity index (χ4v) is 2.14. The molecule has 0 fully saturated rings. The summed E-state index contributed by atoms with van der Waals surface area (Å²) in [5, 5.41) is 0. The Morgan fingerprint density at radius 2 is 1.68 bits per heavy atom. The molecule has 98 valence electrons. The van der Waals surface area contributed by atoms with Crippen molar-refractivity contribution >= 4 is 5.97 Å². The Bertz CT molecular complexity index is 568. The number of aryl methyl sites for hydroxylation is 3. The zero-order chi connectivity index (χ0) is 13.8. The lowest BCUT2D eigenvalue weighted by Gasteiger charge is -2.11. The lowest BCUT2D eigenvalue weighted by molar-refractivity contribution is -0.133. The van der Waals surface area contributed by atoms with Crippen LogP contribution in [0.4, 0.5) is 0 Å². The van der Waals surface area contributed by atoms with E-state index in [9.17, 15) is 4.79 Å². The highest BCUT2D eigenvalue weighted by Gasteiger charge is 2.11. The number of ether oxygens (including phenoxy) is 1. The average Bonchev–Trinajstić information content (AvgIpc) is 2.35. The van der Waals surface area contributed by atoms with E-state index in [1.165, 1.54) is 5.56 Å².